The highest BCUT2D eigenvalue weighted by Crippen LogP contribution is 2.42. The van der Waals surface area contributed by atoms with Crippen molar-refractivity contribution in [2.24, 2.45) is 0 Å². The maximum absolute atomic E-state index is 13.6. The number of halogens is 6. The van der Waals surface area contributed by atoms with Crippen LogP contribution in [0.1, 0.15) is 34.8 Å². The Morgan fingerprint density at radius 1 is 1.14 bits per heavy atom. The molecule has 36 heavy (non-hydrogen) atoms. The van der Waals surface area contributed by atoms with Crippen molar-refractivity contribution < 1.29 is 41.1 Å². The highest BCUT2D eigenvalue weighted by Gasteiger charge is 2.58. The molecule has 2 aliphatic rings. The van der Waals surface area contributed by atoms with Crippen molar-refractivity contribution >= 4 is 39.6 Å². The van der Waals surface area contributed by atoms with Crippen LogP contribution in [0.15, 0.2) is 40.9 Å². The highest BCUT2D eigenvalue weighted by molar-refractivity contribution is 9.10. The van der Waals surface area contributed by atoms with E-state index in [2.05, 4.69) is 21.2 Å². The van der Waals surface area contributed by atoms with Crippen LogP contribution in [0.25, 0.3) is 0 Å². The molecule has 0 radical (unpaired) electrons. The Kier molecular flexibility index (Phi) is 6.40. The van der Waals surface area contributed by atoms with Crippen molar-refractivity contribution in [3.63, 3.8) is 0 Å². The molecule has 1 aliphatic carbocycles. The van der Waals surface area contributed by atoms with Crippen LogP contribution in [0.3, 0.4) is 0 Å². The Morgan fingerprint density at radius 2 is 1.78 bits per heavy atom. The lowest BCUT2D eigenvalue weighted by Gasteiger charge is -2.32. The number of imide groups is 1. The third-order valence-corrected chi connectivity index (χ3v) is 6.67. The van der Waals surface area contributed by atoms with Crippen LogP contribution >= 0.6 is 15.9 Å². The Hall–Kier alpha value is -3.35. The molecule has 0 saturated carbocycles. The van der Waals surface area contributed by atoms with Gasteiger partial charge in [-0.1, -0.05) is 22.0 Å². The molecule has 0 bridgehead atoms. The first-order valence-corrected chi connectivity index (χ1v) is 11.3. The monoisotopic (exact) mass is 573 g/mol. The number of alkyl halides is 3. The van der Waals surface area contributed by atoms with Crippen LogP contribution in [-0.4, -0.2) is 52.2 Å². The minimum Gasteiger partial charge on any atom is -0.325 e. The molecule has 1 saturated heterocycles. The molecule has 1 spiro atoms. The van der Waals surface area contributed by atoms with Crippen LogP contribution in [-0.2, 0) is 21.7 Å². The number of ketones is 1. The van der Waals surface area contributed by atoms with Crippen molar-refractivity contribution in [1.82, 2.24) is 15.1 Å². The predicted molar refractivity (Wildman–Crippen MR) is 117 cm³/mol. The minimum atomic E-state index is -4.91. The molecule has 0 unspecified atom stereocenters. The van der Waals surface area contributed by atoms with Crippen molar-refractivity contribution in [2.75, 3.05) is 6.54 Å². The van der Waals surface area contributed by atoms with E-state index in [0.717, 1.165) is 12.1 Å². The maximum Gasteiger partial charge on any atom is 0.408 e. The van der Waals surface area contributed by atoms with Gasteiger partial charge in [-0.05, 0) is 42.3 Å². The standard InChI is InChI=1S/C23H17BrF5N3O4/c1-11(23(27,28)29)31(9-12-4-14(25)7-15(26)5-12)19(34)10-32-20(35)22(30-21(32)36)8-18(33)16-6-13(24)2-3-17(16)22/h2-7,11H,8-10H2,1H3,(H,30,36)/t11-,22-/m0/s1. The largest absolute Gasteiger partial charge is 0.408 e. The number of benzene rings is 2. The van der Waals surface area contributed by atoms with E-state index in [0.29, 0.717) is 22.4 Å². The summed E-state index contributed by atoms with van der Waals surface area (Å²) in [6.07, 6.45) is -5.33. The van der Waals surface area contributed by atoms with E-state index in [1.54, 1.807) is 6.07 Å². The fourth-order valence-electron chi connectivity index (χ4n) is 4.37. The average Bonchev–Trinajstić information content (AvgIpc) is 3.17. The number of nitrogens with one attached hydrogen (secondary N) is 1. The molecule has 4 rings (SSSR count). The molecular weight excluding hydrogens is 557 g/mol. The van der Waals surface area contributed by atoms with Gasteiger partial charge in [0.2, 0.25) is 5.91 Å². The number of hydrogen-bond donors (Lipinski definition) is 1. The molecule has 4 amide bonds. The van der Waals surface area contributed by atoms with E-state index >= 15 is 0 Å². The van der Waals surface area contributed by atoms with Crippen LogP contribution < -0.4 is 5.32 Å². The number of urea groups is 1. The van der Waals surface area contributed by atoms with Gasteiger partial charge in [0.05, 0.1) is 0 Å². The second-order valence-electron chi connectivity index (χ2n) is 8.53. The van der Waals surface area contributed by atoms with Gasteiger partial charge in [-0.25, -0.2) is 13.6 Å². The van der Waals surface area contributed by atoms with Crippen LogP contribution in [0.5, 0.6) is 0 Å². The smallest absolute Gasteiger partial charge is 0.325 e. The van der Waals surface area contributed by atoms with E-state index in [1.165, 1.54) is 12.1 Å². The SMILES string of the molecule is C[C@H](N(Cc1cc(F)cc(F)c1)C(=O)CN1C(=O)N[C@]2(CC(=O)c3cc(Br)ccc32)C1=O)C(F)(F)F. The van der Waals surface area contributed by atoms with E-state index in [9.17, 15) is 41.1 Å². The summed E-state index contributed by atoms with van der Waals surface area (Å²) in [5.74, 6) is -4.79. The normalized spacial score (nSPS) is 20.1. The molecule has 0 aromatic heterocycles. The maximum atomic E-state index is 13.6. The molecule has 1 heterocycles. The van der Waals surface area contributed by atoms with E-state index < -0.39 is 72.5 Å². The summed E-state index contributed by atoms with van der Waals surface area (Å²) in [5, 5.41) is 2.41. The van der Waals surface area contributed by atoms with Gasteiger partial charge in [-0.2, -0.15) is 13.2 Å². The zero-order chi connectivity index (χ0) is 26.6. The first-order chi connectivity index (χ1) is 16.7. The number of nitrogens with zero attached hydrogens (tertiary/aromatic N) is 2. The van der Waals surface area contributed by atoms with Crippen LogP contribution in [0.2, 0.25) is 0 Å². The Bertz CT molecular complexity index is 1280. The number of rotatable bonds is 5. The minimum absolute atomic E-state index is 0.187. The van der Waals surface area contributed by atoms with Gasteiger partial charge in [0.25, 0.3) is 5.91 Å². The number of carbonyl (C=O) groups excluding carboxylic acids is 4. The number of carbonyl (C=O) groups is 4. The first kappa shape index (κ1) is 25.7. The number of amides is 4. The molecular formula is C23H17BrF5N3O4. The lowest BCUT2D eigenvalue weighted by molar-refractivity contribution is -0.187. The van der Waals surface area contributed by atoms with Crippen LogP contribution in [0.4, 0.5) is 26.7 Å². The molecule has 2 aromatic carbocycles. The summed E-state index contributed by atoms with van der Waals surface area (Å²) in [4.78, 5) is 52.2. The number of hydrogen-bond acceptors (Lipinski definition) is 4. The van der Waals surface area contributed by atoms with Crippen LogP contribution in [0, 0.1) is 11.6 Å². The van der Waals surface area contributed by atoms with Gasteiger partial charge in [-0.3, -0.25) is 19.3 Å². The molecule has 1 aliphatic heterocycles. The highest BCUT2D eigenvalue weighted by atomic mass is 79.9. The van der Waals surface area contributed by atoms with Gasteiger partial charge < -0.3 is 10.2 Å². The zero-order valence-electron chi connectivity index (χ0n) is 18.5. The zero-order valence-corrected chi connectivity index (χ0v) is 20.0. The van der Waals surface area contributed by atoms with Gasteiger partial charge in [0.15, 0.2) is 11.3 Å². The Morgan fingerprint density at radius 3 is 2.39 bits per heavy atom. The quantitative estimate of drug-likeness (QED) is 0.432. The number of fused-ring (bicyclic) bond motifs is 2. The Balaban J connectivity index is 1.63. The van der Waals surface area contributed by atoms with Crippen molar-refractivity contribution in [2.45, 2.75) is 37.6 Å². The van der Waals surface area contributed by atoms with Crippen molar-refractivity contribution in [3.8, 4) is 0 Å². The van der Waals surface area contributed by atoms with E-state index in [-0.39, 0.29) is 21.6 Å². The van der Waals surface area contributed by atoms with Crippen molar-refractivity contribution in [1.29, 1.82) is 0 Å². The molecule has 13 heteroatoms. The molecule has 2 aromatic rings. The van der Waals surface area contributed by atoms with Gasteiger partial charge in [0.1, 0.15) is 24.2 Å². The van der Waals surface area contributed by atoms with Gasteiger partial charge in [0, 0.05) is 29.1 Å². The third-order valence-electron chi connectivity index (χ3n) is 6.17. The number of Topliss-reactive ketones (excluding diaryl/α,β-unsaturated/α-hetero) is 1. The topological polar surface area (TPSA) is 86.8 Å². The fourth-order valence-corrected chi connectivity index (χ4v) is 4.73. The average molecular weight is 574 g/mol. The molecule has 190 valence electrons. The fraction of sp³-hybridized carbons (Fsp3) is 0.304. The predicted octanol–water partition coefficient (Wildman–Crippen LogP) is 4.04. The van der Waals surface area contributed by atoms with Gasteiger partial charge in [-0.15, -0.1) is 0 Å². The summed E-state index contributed by atoms with van der Waals surface area (Å²) >= 11 is 3.22. The summed E-state index contributed by atoms with van der Waals surface area (Å²) in [6, 6.07) is 3.09. The lowest BCUT2D eigenvalue weighted by Crippen LogP contribution is -2.51. The Labute approximate surface area is 209 Å². The molecule has 7 nitrogen and oxygen atoms in total. The molecule has 1 fully saturated rings. The second-order valence-corrected chi connectivity index (χ2v) is 9.45. The summed E-state index contributed by atoms with van der Waals surface area (Å²) < 4.78 is 68.3. The lowest BCUT2D eigenvalue weighted by atomic mass is 9.92. The van der Waals surface area contributed by atoms with E-state index in [4.69, 9.17) is 0 Å². The second kappa shape index (κ2) is 8.95. The van der Waals surface area contributed by atoms with E-state index in [1.807, 2.05) is 0 Å². The third kappa shape index (κ3) is 4.47. The van der Waals surface area contributed by atoms with Crippen molar-refractivity contribution in [3.05, 3.63) is 69.2 Å². The van der Waals surface area contributed by atoms with Gasteiger partial charge >= 0.3 is 12.2 Å². The summed E-state index contributed by atoms with van der Waals surface area (Å²) in [6.45, 7) is -1.24. The first-order valence-electron chi connectivity index (χ1n) is 10.5. The molecule has 2 atom stereocenters. The summed E-state index contributed by atoms with van der Waals surface area (Å²) in [5.41, 5.74) is -1.64. The molecule has 1 N–H and O–H groups in total. The summed E-state index contributed by atoms with van der Waals surface area (Å²) in [7, 11) is 0.